The van der Waals surface area contributed by atoms with Crippen LogP contribution in [-0.4, -0.2) is 0 Å². The van der Waals surface area contributed by atoms with Crippen molar-refractivity contribution >= 4 is 11.3 Å². The molecule has 1 aromatic heterocycles. The summed E-state index contributed by atoms with van der Waals surface area (Å²) in [5.74, 6) is 0. The van der Waals surface area contributed by atoms with Gasteiger partial charge in [-0.3, -0.25) is 0 Å². The highest BCUT2D eigenvalue weighted by Crippen LogP contribution is 2.35. The highest BCUT2D eigenvalue weighted by molar-refractivity contribution is 7.12. The topological polar surface area (TPSA) is 0 Å². The molecule has 0 atom stereocenters. The number of hydrogen-bond acceptors (Lipinski definition) is 1. The van der Waals surface area contributed by atoms with Gasteiger partial charge in [0.15, 0.2) is 0 Å². The SMILES string of the molecule is CC[CH]c1ccc(C(F)(F)F)s1. The lowest BCUT2D eigenvalue weighted by Gasteiger charge is -2.00. The normalized spacial score (nSPS) is 12.0. The molecule has 0 fully saturated rings. The van der Waals surface area contributed by atoms with Gasteiger partial charge in [0.05, 0.1) is 0 Å². The van der Waals surface area contributed by atoms with E-state index in [0.29, 0.717) is 4.88 Å². The molecule has 67 valence electrons. The largest absolute Gasteiger partial charge is 0.425 e. The Labute approximate surface area is 73.0 Å². The lowest BCUT2D eigenvalue weighted by atomic mass is 10.3. The minimum absolute atomic E-state index is 0.526. The third-order valence-corrected chi connectivity index (χ3v) is 2.44. The Morgan fingerprint density at radius 3 is 2.50 bits per heavy atom. The molecule has 1 aromatic rings. The first-order valence-electron chi connectivity index (χ1n) is 3.54. The molecule has 0 aliphatic carbocycles. The highest BCUT2D eigenvalue weighted by atomic mass is 32.1. The van der Waals surface area contributed by atoms with Crippen molar-refractivity contribution in [2.24, 2.45) is 0 Å². The Balaban J connectivity index is 2.77. The number of rotatable bonds is 2. The molecular formula is C8H8F3S. The first kappa shape index (κ1) is 9.58. The Bertz CT molecular complexity index is 249. The van der Waals surface area contributed by atoms with E-state index >= 15 is 0 Å². The second-order valence-corrected chi connectivity index (χ2v) is 3.43. The summed E-state index contributed by atoms with van der Waals surface area (Å²) in [5, 5.41) is 0. The Kier molecular flexibility index (Phi) is 2.77. The van der Waals surface area contributed by atoms with Gasteiger partial charge < -0.3 is 0 Å². The van der Waals surface area contributed by atoms with Crippen molar-refractivity contribution in [1.82, 2.24) is 0 Å². The number of alkyl halides is 3. The van der Waals surface area contributed by atoms with Gasteiger partial charge in [0.1, 0.15) is 4.88 Å². The highest BCUT2D eigenvalue weighted by Gasteiger charge is 2.32. The maximum atomic E-state index is 12.0. The Morgan fingerprint density at radius 1 is 1.42 bits per heavy atom. The van der Waals surface area contributed by atoms with Crippen LogP contribution in [0.3, 0.4) is 0 Å². The molecule has 0 saturated carbocycles. The number of hydrogen-bond donors (Lipinski definition) is 0. The zero-order valence-corrected chi connectivity index (χ0v) is 7.30. The van der Waals surface area contributed by atoms with Crippen molar-refractivity contribution in [3.63, 3.8) is 0 Å². The fraction of sp³-hybridized carbons (Fsp3) is 0.375. The molecule has 0 aromatic carbocycles. The monoisotopic (exact) mass is 193 g/mol. The molecule has 0 spiro atoms. The summed E-state index contributed by atoms with van der Waals surface area (Å²) >= 11 is 0.784. The van der Waals surface area contributed by atoms with Gasteiger partial charge in [0, 0.05) is 11.3 Å². The molecule has 1 heterocycles. The molecule has 0 saturated heterocycles. The van der Waals surface area contributed by atoms with Gasteiger partial charge in [-0.15, -0.1) is 11.3 Å². The minimum atomic E-state index is -4.19. The van der Waals surface area contributed by atoms with Crippen LogP contribution < -0.4 is 0 Å². The summed E-state index contributed by atoms with van der Waals surface area (Å²) < 4.78 is 36.1. The lowest BCUT2D eigenvalue weighted by molar-refractivity contribution is -0.134. The van der Waals surface area contributed by atoms with Gasteiger partial charge in [-0.05, 0) is 18.6 Å². The summed E-state index contributed by atoms with van der Waals surface area (Å²) in [6.45, 7) is 1.90. The second-order valence-electron chi connectivity index (χ2n) is 2.31. The zero-order valence-electron chi connectivity index (χ0n) is 6.48. The van der Waals surface area contributed by atoms with Crippen LogP contribution >= 0.6 is 11.3 Å². The summed E-state index contributed by atoms with van der Waals surface area (Å²) in [5.41, 5.74) is 0. The van der Waals surface area contributed by atoms with E-state index in [1.807, 2.05) is 6.92 Å². The summed E-state index contributed by atoms with van der Waals surface area (Å²) in [6, 6.07) is 2.61. The standard InChI is InChI=1S/C8H8F3S/c1-2-3-6-4-5-7(12-6)8(9,10)11/h3-5H,2H2,1H3. The van der Waals surface area contributed by atoms with Crippen LogP contribution in [0.5, 0.6) is 0 Å². The van der Waals surface area contributed by atoms with Crippen molar-refractivity contribution < 1.29 is 13.2 Å². The van der Waals surface area contributed by atoms with Crippen LogP contribution in [-0.2, 0) is 6.18 Å². The van der Waals surface area contributed by atoms with Gasteiger partial charge in [-0.2, -0.15) is 13.2 Å². The Morgan fingerprint density at radius 2 is 2.08 bits per heavy atom. The predicted octanol–water partition coefficient (Wildman–Crippen LogP) is 3.73. The average molecular weight is 193 g/mol. The molecular weight excluding hydrogens is 185 g/mol. The van der Waals surface area contributed by atoms with E-state index in [2.05, 4.69) is 0 Å². The van der Waals surface area contributed by atoms with Crippen LogP contribution in [0.15, 0.2) is 12.1 Å². The zero-order chi connectivity index (χ0) is 9.19. The lowest BCUT2D eigenvalue weighted by Crippen LogP contribution is -2.00. The predicted molar refractivity (Wildman–Crippen MR) is 43.0 cm³/mol. The first-order chi connectivity index (χ1) is 5.54. The fourth-order valence-corrected chi connectivity index (χ4v) is 1.71. The van der Waals surface area contributed by atoms with Gasteiger partial charge >= 0.3 is 6.18 Å². The quantitative estimate of drug-likeness (QED) is 0.671. The molecule has 0 bridgehead atoms. The van der Waals surface area contributed by atoms with Gasteiger partial charge in [-0.25, -0.2) is 0 Å². The van der Waals surface area contributed by atoms with Crippen molar-refractivity contribution in [3.8, 4) is 0 Å². The van der Waals surface area contributed by atoms with Crippen LogP contribution in [0, 0.1) is 6.42 Å². The van der Waals surface area contributed by atoms with E-state index in [0.717, 1.165) is 23.8 Å². The van der Waals surface area contributed by atoms with Crippen LogP contribution in [0.4, 0.5) is 13.2 Å². The summed E-state index contributed by atoms with van der Waals surface area (Å²) in [7, 11) is 0. The van der Waals surface area contributed by atoms with E-state index in [9.17, 15) is 13.2 Å². The van der Waals surface area contributed by atoms with Crippen molar-refractivity contribution in [2.75, 3.05) is 0 Å². The van der Waals surface area contributed by atoms with Crippen molar-refractivity contribution in [1.29, 1.82) is 0 Å². The molecule has 0 aliphatic rings. The van der Waals surface area contributed by atoms with E-state index in [1.54, 1.807) is 6.42 Å². The molecule has 0 amide bonds. The number of thiophene rings is 1. The third kappa shape index (κ3) is 2.24. The van der Waals surface area contributed by atoms with E-state index in [4.69, 9.17) is 0 Å². The van der Waals surface area contributed by atoms with Gasteiger partial charge in [0.25, 0.3) is 0 Å². The van der Waals surface area contributed by atoms with Crippen LogP contribution in [0.25, 0.3) is 0 Å². The van der Waals surface area contributed by atoms with Crippen LogP contribution in [0.2, 0.25) is 0 Å². The summed E-state index contributed by atoms with van der Waals surface area (Å²) in [6.07, 6.45) is -1.65. The fourth-order valence-electron chi connectivity index (χ4n) is 0.816. The van der Waals surface area contributed by atoms with Crippen molar-refractivity contribution in [3.05, 3.63) is 28.3 Å². The molecule has 0 N–H and O–H groups in total. The minimum Gasteiger partial charge on any atom is -0.165 e. The molecule has 0 nitrogen and oxygen atoms in total. The molecule has 0 unspecified atom stereocenters. The molecule has 12 heavy (non-hydrogen) atoms. The molecule has 0 aliphatic heterocycles. The number of halogens is 3. The first-order valence-corrected chi connectivity index (χ1v) is 4.36. The Hall–Kier alpha value is -0.510. The van der Waals surface area contributed by atoms with Crippen LogP contribution in [0.1, 0.15) is 23.1 Å². The molecule has 1 rings (SSSR count). The van der Waals surface area contributed by atoms with E-state index in [-0.39, 0.29) is 0 Å². The second kappa shape index (κ2) is 3.47. The summed E-state index contributed by atoms with van der Waals surface area (Å²) in [4.78, 5) is 0.159. The molecule has 4 heteroatoms. The van der Waals surface area contributed by atoms with E-state index in [1.165, 1.54) is 6.07 Å². The molecule has 1 radical (unpaired) electrons. The van der Waals surface area contributed by atoms with E-state index < -0.39 is 11.1 Å². The maximum absolute atomic E-state index is 12.0. The third-order valence-electron chi connectivity index (χ3n) is 1.31. The smallest absolute Gasteiger partial charge is 0.165 e. The average Bonchev–Trinajstić information content (AvgIpc) is 2.35. The van der Waals surface area contributed by atoms with Crippen molar-refractivity contribution in [2.45, 2.75) is 19.5 Å². The maximum Gasteiger partial charge on any atom is 0.425 e. The van der Waals surface area contributed by atoms with Gasteiger partial charge in [0.2, 0.25) is 0 Å². The van der Waals surface area contributed by atoms with Gasteiger partial charge in [-0.1, -0.05) is 6.92 Å².